The predicted molar refractivity (Wildman–Crippen MR) is 147 cm³/mol. The van der Waals surface area contributed by atoms with E-state index in [-0.39, 0.29) is 23.3 Å². The number of benzene rings is 3. The van der Waals surface area contributed by atoms with Crippen LogP contribution < -0.4 is 15.8 Å². The first-order valence-corrected chi connectivity index (χ1v) is 12.1. The quantitative estimate of drug-likeness (QED) is 0.302. The zero-order valence-electron chi connectivity index (χ0n) is 20.8. The highest BCUT2D eigenvalue weighted by Crippen LogP contribution is 2.28. The lowest BCUT2D eigenvalue weighted by molar-refractivity contribution is 0.0940. The lowest BCUT2D eigenvalue weighted by Gasteiger charge is -2.14. The van der Waals surface area contributed by atoms with Gasteiger partial charge in [-0.1, -0.05) is 54.6 Å². The second-order valence-corrected chi connectivity index (χ2v) is 8.84. The van der Waals surface area contributed by atoms with Crippen LogP contribution in [-0.2, 0) is 6.42 Å². The Kier molecular flexibility index (Phi) is 6.81. The number of rotatable bonds is 8. The molecule has 0 aliphatic heterocycles. The Balaban J connectivity index is 1.51. The van der Waals surface area contributed by atoms with Gasteiger partial charge in [0.2, 0.25) is 0 Å². The summed E-state index contributed by atoms with van der Waals surface area (Å²) in [5.41, 5.74) is 11.0. The number of fused-ring (bicyclic) bond motifs is 2. The molecule has 1 unspecified atom stereocenters. The van der Waals surface area contributed by atoms with Crippen LogP contribution in [0.5, 0.6) is 5.75 Å². The van der Waals surface area contributed by atoms with E-state index < -0.39 is 0 Å². The van der Waals surface area contributed by atoms with Gasteiger partial charge in [0.15, 0.2) is 5.65 Å². The van der Waals surface area contributed by atoms with Gasteiger partial charge in [-0.05, 0) is 49.6 Å². The fourth-order valence-corrected chi connectivity index (χ4v) is 4.28. The summed E-state index contributed by atoms with van der Waals surface area (Å²) in [6.45, 7) is 1.98. The number of carbonyl (C=O) groups is 1. The van der Waals surface area contributed by atoms with Crippen molar-refractivity contribution in [3.05, 3.63) is 95.6 Å². The molecule has 0 spiro atoms. The van der Waals surface area contributed by atoms with Crippen LogP contribution in [0.3, 0.4) is 0 Å². The maximum Gasteiger partial charge on any atom is 0.257 e. The van der Waals surface area contributed by atoms with E-state index in [0.717, 1.165) is 18.4 Å². The van der Waals surface area contributed by atoms with Crippen LogP contribution in [-0.4, -0.2) is 39.9 Å². The second kappa shape index (κ2) is 10.5. The van der Waals surface area contributed by atoms with Gasteiger partial charge in [-0.3, -0.25) is 4.79 Å². The molecule has 3 N–H and O–H groups in total. The molecular formula is C29H28N6O2. The third-order valence-electron chi connectivity index (χ3n) is 6.24. The lowest BCUT2D eigenvalue weighted by atomic mass is 10.1. The monoisotopic (exact) mass is 492 g/mol. The zero-order valence-corrected chi connectivity index (χ0v) is 20.8. The SMILES string of the molecule is COc1ccccc1/C=N/n1c(N)c(C(=O)NC(C)CCc2ccccc2)c2nc3ccccc3nc21. The number of ether oxygens (including phenoxy) is 1. The summed E-state index contributed by atoms with van der Waals surface area (Å²) in [5.74, 6) is 0.533. The molecule has 0 saturated heterocycles. The van der Waals surface area contributed by atoms with Crippen molar-refractivity contribution >= 4 is 40.1 Å². The first-order chi connectivity index (χ1) is 18.0. The highest BCUT2D eigenvalue weighted by atomic mass is 16.5. The molecular weight excluding hydrogens is 464 g/mol. The van der Waals surface area contributed by atoms with Crippen molar-refractivity contribution in [2.45, 2.75) is 25.8 Å². The number of methoxy groups -OCH3 is 1. The molecule has 8 heteroatoms. The lowest BCUT2D eigenvalue weighted by Crippen LogP contribution is -2.33. The number of nitrogen functional groups attached to an aromatic ring is 1. The van der Waals surface area contributed by atoms with Crippen molar-refractivity contribution in [2.75, 3.05) is 12.8 Å². The molecule has 1 amide bonds. The standard InChI is InChI=1S/C29H28N6O2/c1-19(16-17-20-10-4-3-5-11-20)32-29(36)25-26-28(34-23-14-8-7-13-22(23)33-26)35(27(25)30)31-18-21-12-6-9-15-24(21)37-2/h3-15,18-19H,16-17,30H2,1-2H3,(H,32,36)/b31-18+. The third-order valence-corrected chi connectivity index (χ3v) is 6.24. The molecule has 0 bridgehead atoms. The van der Waals surface area contributed by atoms with Crippen LogP contribution in [0.2, 0.25) is 0 Å². The molecule has 8 nitrogen and oxygen atoms in total. The van der Waals surface area contributed by atoms with Gasteiger partial charge in [0.1, 0.15) is 22.6 Å². The van der Waals surface area contributed by atoms with Crippen molar-refractivity contribution in [1.82, 2.24) is 20.0 Å². The van der Waals surface area contributed by atoms with Gasteiger partial charge < -0.3 is 15.8 Å². The average Bonchev–Trinajstić information content (AvgIpc) is 3.19. The summed E-state index contributed by atoms with van der Waals surface area (Å²) in [6.07, 6.45) is 3.28. The second-order valence-electron chi connectivity index (χ2n) is 8.84. The normalized spacial score (nSPS) is 12.3. The first-order valence-electron chi connectivity index (χ1n) is 12.1. The number of nitrogens with two attached hydrogens (primary N) is 1. The van der Waals surface area contributed by atoms with E-state index in [1.54, 1.807) is 13.3 Å². The molecule has 0 aliphatic rings. The van der Waals surface area contributed by atoms with Gasteiger partial charge in [0.05, 0.1) is 24.4 Å². The van der Waals surface area contributed by atoms with E-state index in [9.17, 15) is 4.79 Å². The highest BCUT2D eigenvalue weighted by molar-refractivity contribution is 6.10. The molecule has 0 radical (unpaired) electrons. The number of nitrogens with zero attached hydrogens (tertiary/aromatic N) is 4. The van der Waals surface area contributed by atoms with Crippen molar-refractivity contribution in [3.63, 3.8) is 0 Å². The summed E-state index contributed by atoms with van der Waals surface area (Å²) in [4.78, 5) is 23.0. The van der Waals surface area contributed by atoms with Crippen LogP contribution in [0.4, 0.5) is 5.82 Å². The fourth-order valence-electron chi connectivity index (χ4n) is 4.28. The van der Waals surface area contributed by atoms with Crippen LogP contribution in [0, 0.1) is 0 Å². The molecule has 0 fully saturated rings. The summed E-state index contributed by atoms with van der Waals surface area (Å²) < 4.78 is 6.89. The van der Waals surface area contributed by atoms with E-state index in [0.29, 0.717) is 27.9 Å². The molecule has 186 valence electrons. The Labute approximate surface area is 214 Å². The van der Waals surface area contributed by atoms with E-state index in [1.807, 2.05) is 73.7 Å². The summed E-state index contributed by atoms with van der Waals surface area (Å²) in [7, 11) is 1.60. The summed E-state index contributed by atoms with van der Waals surface area (Å²) in [6, 6.07) is 25.1. The number of hydrogen-bond acceptors (Lipinski definition) is 6. The fraction of sp³-hybridized carbons (Fsp3) is 0.172. The van der Waals surface area contributed by atoms with Crippen LogP contribution >= 0.6 is 0 Å². The van der Waals surface area contributed by atoms with Crippen LogP contribution in [0.15, 0.2) is 84.0 Å². The Morgan fingerprint density at radius 1 is 1.03 bits per heavy atom. The van der Waals surface area contributed by atoms with Crippen molar-refractivity contribution in [2.24, 2.45) is 5.10 Å². The number of anilines is 1. The molecule has 37 heavy (non-hydrogen) atoms. The molecule has 1 atom stereocenters. The third kappa shape index (κ3) is 4.99. The van der Waals surface area contributed by atoms with E-state index in [2.05, 4.69) is 22.6 Å². The van der Waals surface area contributed by atoms with Gasteiger partial charge >= 0.3 is 0 Å². The Bertz CT molecular complexity index is 1590. The maximum absolute atomic E-state index is 13.5. The molecule has 5 rings (SSSR count). The minimum atomic E-state index is -0.307. The van der Waals surface area contributed by atoms with Crippen molar-refractivity contribution in [1.29, 1.82) is 0 Å². The van der Waals surface area contributed by atoms with Gasteiger partial charge in [0.25, 0.3) is 5.91 Å². The molecule has 3 aromatic carbocycles. The van der Waals surface area contributed by atoms with Gasteiger partial charge in [-0.15, -0.1) is 0 Å². The molecule has 5 aromatic rings. The molecule has 0 saturated carbocycles. The van der Waals surface area contributed by atoms with Crippen LogP contribution in [0.25, 0.3) is 22.2 Å². The van der Waals surface area contributed by atoms with E-state index in [1.165, 1.54) is 10.2 Å². The number of hydrogen-bond donors (Lipinski definition) is 2. The van der Waals surface area contributed by atoms with Gasteiger partial charge in [-0.25, -0.2) is 9.97 Å². The Morgan fingerprint density at radius 2 is 1.70 bits per heavy atom. The maximum atomic E-state index is 13.5. The number of aryl methyl sites for hydroxylation is 1. The number of amides is 1. The molecule has 2 heterocycles. The van der Waals surface area contributed by atoms with Gasteiger partial charge in [0, 0.05) is 11.6 Å². The topological polar surface area (TPSA) is 107 Å². The zero-order chi connectivity index (χ0) is 25.8. The predicted octanol–water partition coefficient (Wildman–Crippen LogP) is 4.81. The number of para-hydroxylation sites is 3. The number of aromatic nitrogens is 3. The largest absolute Gasteiger partial charge is 0.496 e. The number of nitrogens with one attached hydrogen (secondary N) is 1. The minimum Gasteiger partial charge on any atom is -0.496 e. The first kappa shape index (κ1) is 24.0. The Morgan fingerprint density at radius 3 is 2.46 bits per heavy atom. The smallest absolute Gasteiger partial charge is 0.257 e. The van der Waals surface area contributed by atoms with Gasteiger partial charge in [-0.2, -0.15) is 9.78 Å². The van der Waals surface area contributed by atoms with E-state index in [4.69, 9.17) is 20.4 Å². The van der Waals surface area contributed by atoms with Crippen LogP contribution in [0.1, 0.15) is 34.8 Å². The minimum absolute atomic E-state index is 0.0731. The number of carbonyl (C=O) groups excluding carboxylic acids is 1. The van der Waals surface area contributed by atoms with E-state index >= 15 is 0 Å². The van der Waals surface area contributed by atoms with Crippen molar-refractivity contribution in [3.8, 4) is 5.75 Å². The average molecular weight is 493 g/mol. The summed E-state index contributed by atoms with van der Waals surface area (Å²) in [5, 5.41) is 7.66. The Hall–Kier alpha value is -4.72. The molecule has 2 aromatic heterocycles. The molecule has 0 aliphatic carbocycles. The summed E-state index contributed by atoms with van der Waals surface area (Å²) >= 11 is 0. The highest BCUT2D eigenvalue weighted by Gasteiger charge is 2.25. The van der Waals surface area contributed by atoms with Crippen molar-refractivity contribution < 1.29 is 9.53 Å².